The van der Waals surface area contributed by atoms with Crippen molar-refractivity contribution in [1.82, 2.24) is 9.88 Å². The van der Waals surface area contributed by atoms with Crippen LogP contribution in [0.15, 0.2) is 30.3 Å². The van der Waals surface area contributed by atoms with Gasteiger partial charge in [0.15, 0.2) is 0 Å². The number of carbonyl (C=O) groups excluding carboxylic acids is 1. The Morgan fingerprint density at radius 2 is 2.03 bits per heavy atom. The number of esters is 1. The molecule has 210 valence electrons. The molecule has 1 N–H and O–H groups in total. The van der Waals surface area contributed by atoms with E-state index in [1.807, 2.05) is 0 Å². The maximum Gasteiger partial charge on any atom is 0.306 e. The number of aryl methyl sites for hydroxylation is 2. The van der Waals surface area contributed by atoms with Crippen LogP contribution in [0.1, 0.15) is 72.7 Å². The number of rotatable bonds is 10. The number of morpholine rings is 1. The number of nitrogens with zero attached hydrogens (tertiary/aromatic N) is 3. The summed E-state index contributed by atoms with van der Waals surface area (Å²) in [6.45, 7) is 7.55. The number of fused-ring (bicyclic) bond motifs is 1. The highest BCUT2D eigenvalue weighted by molar-refractivity contribution is 5.70. The minimum atomic E-state index is -0.118. The molecule has 39 heavy (non-hydrogen) atoms. The molecule has 2 atom stereocenters. The molecule has 2 aromatic rings. The fourth-order valence-electron chi connectivity index (χ4n) is 6.61. The van der Waals surface area contributed by atoms with E-state index in [1.54, 1.807) is 0 Å². The second kappa shape index (κ2) is 12.3. The van der Waals surface area contributed by atoms with Crippen LogP contribution < -0.4 is 10.2 Å². The standard InChI is InChI=1S/C32H44N4O3/c1-38-31(37)20-28(27-17-26(24-5-6-24)18-30(19-27)36-13-15-39-16-14-36)22-35-12-10-23(21-35)4-8-29-9-7-25-3-2-11-33-32(25)34-29/h7,9,17-19,23-24,28H,2-6,8,10-16,20-22H2,1H3,(H,33,34)/t23-,28-/m1/s1. The Hall–Kier alpha value is -2.64. The predicted molar refractivity (Wildman–Crippen MR) is 155 cm³/mol. The smallest absolute Gasteiger partial charge is 0.306 e. The van der Waals surface area contributed by atoms with E-state index in [2.05, 4.69) is 45.4 Å². The maximum atomic E-state index is 12.5. The summed E-state index contributed by atoms with van der Waals surface area (Å²) in [4.78, 5) is 22.5. The summed E-state index contributed by atoms with van der Waals surface area (Å²) in [5.41, 5.74) is 6.59. The first-order chi connectivity index (χ1) is 19.1. The first kappa shape index (κ1) is 26.6. The number of methoxy groups -OCH3 is 1. The summed E-state index contributed by atoms with van der Waals surface area (Å²) in [6.07, 6.45) is 8.73. The number of ether oxygens (including phenoxy) is 2. The van der Waals surface area contributed by atoms with Gasteiger partial charge in [0.1, 0.15) is 5.82 Å². The molecule has 7 nitrogen and oxygen atoms in total. The molecule has 0 amide bonds. The van der Waals surface area contributed by atoms with Gasteiger partial charge < -0.3 is 24.6 Å². The van der Waals surface area contributed by atoms with E-state index in [1.165, 1.54) is 67.3 Å². The Balaban J connectivity index is 1.12. The van der Waals surface area contributed by atoms with Gasteiger partial charge in [-0.1, -0.05) is 12.1 Å². The van der Waals surface area contributed by atoms with Gasteiger partial charge in [-0.05, 0) is 98.2 Å². The van der Waals surface area contributed by atoms with E-state index in [4.69, 9.17) is 14.5 Å². The van der Waals surface area contributed by atoms with Crippen LogP contribution in [0.3, 0.4) is 0 Å². The summed E-state index contributed by atoms with van der Waals surface area (Å²) >= 11 is 0. The molecule has 4 aliphatic rings. The SMILES string of the molecule is COC(=O)C[C@H](CN1CC[C@@H](CCc2ccc3c(n2)NCCC3)C1)c1cc(C2CC2)cc(N2CCOCC2)c1. The van der Waals surface area contributed by atoms with Crippen molar-refractivity contribution in [1.29, 1.82) is 0 Å². The molecule has 0 radical (unpaired) electrons. The Morgan fingerprint density at radius 1 is 1.15 bits per heavy atom. The number of likely N-dealkylation sites (tertiary alicyclic amines) is 1. The van der Waals surface area contributed by atoms with Crippen molar-refractivity contribution in [2.24, 2.45) is 5.92 Å². The van der Waals surface area contributed by atoms with Crippen LogP contribution in [-0.2, 0) is 27.1 Å². The average molecular weight is 533 g/mol. The van der Waals surface area contributed by atoms with E-state index in [0.717, 1.165) is 71.1 Å². The summed E-state index contributed by atoms with van der Waals surface area (Å²) in [7, 11) is 1.51. The van der Waals surface area contributed by atoms with Crippen LogP contribution in [0.5, 0.6) is 0 Å². The third kappa shape index (κ3) is 6.75. The van der Waals surface area contributed by atoms with Gasteiger partial charge in [-0.2, -0.15) is 0 Å². The van der Waals surface area contributed by atoms with Gasteiger partial charge in [0, 0.05) is 50.0 Å². The maximum absolute atomic E-state index is 12.5. The van der Waals surface area contributed by atoms with Gasteiger partial charge in [-0.15, -0.1) is 0 Å². The molecule has 4 heterocycles. The number of carbonyl (C=O) groups is 1. The third-order valence-electron chi connectivity index (χ3n) is 9.11. The van der Waals surface area contributed by atoms with Gasteiger partial charge >= 0.3 is 5.97 Å². The van der Waals surface area contributed by atoms with Crippen LogP contribution in [-0.4, -0.2) is 75.4 Å². The van der Waals surface area contributed by atoms with Crippen LogP contribution in [0.2, 0.25) is 0 Å². The molecular formula is C32H44N4O3. The number of hydrogen-bond donors (Lipinski definition) is 1. The van der Waals surface area contributed by atoms with Gasteiger partial charge in [0.25, 0.3) is 0 Å². The lowest BCUT2D eigenvalue weighted by molar-refractivity contribution is -0.141. The highest BCUT2D eigenvalue weighted by Crippen LogP contribution is 2.43. The van der Waals surface area contributed by atoms with E-state index in [-0.39, 0.29) is 11.9 Å². The van der Waals surface area contributed by atoms with Gasteiger partial charge in [0.2, 0.25) is 0 Å². The zero-order chi connectivity index (χ0) is 26.6. The fourth-order valence-corrected chi connectivity index (χ4v) is 6.61. The van der Waals surface area contributed by atoms with Crippen molar-refractivity contribution in [2.75, 3.05) is 69.8 Å². The van der Waals surface area contributed by atoms with Crippen molar-refractivity contribution in [2.45, 2.75) is 63.2 Å². The van der Waals surface area contributed by atoms with Crippen molar-refractivity contribution in [3.8, 4) is 0 Å². The second-order valence-electron chi connectivity index (χ2n) is 12.0. The fraction of sp³-hybridized carbons (Fsp3) is 0.625. The molecule has 1 aromatic heterocycles. The van der Waals surface area contributed by atoms with Crippen LogP contribution in [0, 0.1) is 5.92 Å². The summed E-state index contributed by atoms with van der Waals surface area (Å²) in [5.74, 6) is 2.47. The molecule has 1 aliphatic carbocycles. The first-order valence-corrected chi connectivity index (χ1v) is 15.1. The van der Waals surface area contributed by atoms with Crippen molar-refractivity contribution in [3.63, 3.8) is 0 Å². The van der Waals surface area contributed by atoms with Gasteiger partial charge in [0.05, 0.1) is 26.7 Å². The highest BCUT2D eigenvalue weighted by atomic mass is 16.5. The number of aromatic nitrogens is 1. The van der Waals surface area contributed by atoms with E-state index in [0.29, 0.717) is 18.3 Å². The van der Waals surface area contributed by atoms with E-state index >= 15 is 0 Å². The van der Waals surface area contributed by atoms with Crippen LogP contribution >= 0.6 is 0 Å². The Kier molecular flexibility index (Phi) is 8.35. The highest BCUT2D eigenvalue weighted by Gasteiger charge is 2.30. The van der Waals surface area contributed by atoms with E-state index in [9.17, 15) is 4.79 Å². The molecule has 3 aliphatic heterocycles. The van der Waals surface area contributed by atoms with Crippen LogP contribution in [0.4, 0.5) is 11.5 Å². The number of hydrogen-bond acceptors (Lipinski definition) is 7. The van der Waals surface area contributed by atoms with E-state index < -0.39 is 0 Å². The third-order valence-corrected chi connectivity index (χ3v) is 9.11. The predicted octanol–water partition coefficient (Wildman–Crippen LogP) is 4.76. The van der Waals surface area contributed by atoms with Crippen molar-refractivity contribution < 1.29 is 14.3 Å². The summed E-state index contributed by atoms with van der Waals surface area (Å²) in [6, 6.07) is 11.6. The average Bonchev–Trinajstić information content (AvgIpc) is 3.75. The minimum absolute atomic E-state index is 0.118. The monoisotopic (exact) mass is 532 g/mol. The molecule has 1 aromatic carbocycles. The first-order valence-electron chi connectivity index (χ1n) is 15.1. The Bertz CT molecular complexity index is 1140. The largest absolute Gasteiger partial charge is 0.469 e. The normalized spacial score (nSPS) is 22.3. The molecule has 6 rings (SSSR count). The van der Waals surface area contributed by atoms with Crippen molar-refractivity contribution >= 4 is 17.5 Å². The number of nitrogens with one attached hydrogen (secondary N) is 1. The molecule has 7 heteroatoms. The number of anilines is 2. The molecule has 0 spiro atoms. The lowest BCUT2D eigenvalue weighted by Gasteiger charge is -2.31. The van der Waals surface area contributed by atoms with Crippen molar-refractivity contribution in [3.05, 3.63) is 52.7 Å². The lowest BCUT2D eigenvalue weighted by atomic mass is 9.91. The quantitative estimate of drug-likeness (QED) is 0.443. The van der Waals surface area contributed by atoms with Gasteiger partial charge in [-0.3, -0.25) is 4.79 Å². The zero-order valence-corrected chi connectivity index (χ0v) is 23.5. The number of pyridine rings is 1. The zero-order valence-electron chi connectivity index (χ0n) is 23.5. The van der Waals surface area contributed by atoms with Gasteiger partial charge in [-0.25, -0.2) is 4.98 Å². The minimum Gasteiger partial charge on any atom is -0.469 e. The molecule has 0 unspecified atom stereocenters. The summed E-state index contributed by atoms with van der Waals surface area (Å²) in [5, 5.41) is 3.47. The lowest BCUT2D eigenvalue weighted by Crippen LogP contribution is -2.36. The summed E-state index contributed by atoms with van der Waals surface area (Å²) < 4.78 is 10.8. The van der Waals surface area contributed by atoms with Crippen LogP contribution in [0.25, 0.3) is 0 Å². The Labute approximate surface area is 233 Å². The molecule has 2 saturated heterocycles. The molecule has 1 saturated carbocycles. The molecule has 0 bridgehead atoms. The second-order valence-corrected chi connectivity index (χ2v) is 12.0. The number of benzene rings is 1. The Morgan fingerprint density at radius 3 is 2.85 bits per heavy atom. The molecular weight excluding hydrogens is 488 g/mol. The topological polar surface area (TPSA) is 66.9 Å². The molecule has 3 fully saturated rings.